The number of aromatic amines is 1. The Morgan fingerprint density at radius 2 is 1.64 bits per heavy atom. The van der Waals surface area contributed by atoms with Gasteiger partial charge in [0.25, 0.3) is 5.91 Å². The van der Waals surface area contributed by atoms with Crippen LogP contribution in [0.2, 0.25) is 0 Å². The van der Waals surface area contributed by atoms with Crippen molar-refractivity contribution in [1.82, 2.24) is 20.6 Å². The number of rotatable bonds is 10. The fourth-order valence-corrected chi connectivity index (χ4v) is 3.36. The molecule has 0 radical (unpaired) electrons. The third kappa shape index (κ3) is 6.43. The molecule has 7 nitrogen and oxygen atoms in total. The highest BCUT2D eigenvalue weighted by atomic mass is 16.5. The summed E-state index contributed by atoms with van der Waals surface area (Å²) in [6.45, 7) is 1.21. The Hall–Kier alpha value is -4.13. The minimum absolute atomic E-state index is 0.0849. The highest BCUT2D eigenvalue weighted by Gasteiger charge is 2.08. The highest BCUT2D eigenvalue weighted by molar-refractivity contribution is 5.94. The Bertz CT molecular complexity index is 1170. The van der Waals surface area contributed by atoms with Crippen molar-refractivity contribution in [2.75, 3.05) is 13.2 Å². The Morgan fingerprint density at radius 1 is 0.879 bits per heavy atom. The molecule has 0 aliphatic rings. The summed E-state index contributed by atoms with van der Waals surface area (Å²) in [6, 6.07) is 24.5. The SMILES string of the molecule is O=C(CCOc1ccccc1)NCc1ccc(C(=O)NCCc2nc3ccccc3[nH]2)cc1. The first-order chi connectivity index (χ1) is 16.2. The van der Waals surface area contributed by atoms with Gasteiger partial charge < -0.3 is 20.4 Å². The number of hydrogen-bond donors (Lipinski definition) is 3. The van der Waals surface area contributed by atoms with E-state index < -0.39 is 0 Å². The molecule has 33 heavy (non-hydrogen) atoms. The number of hydrogen-bond acceptors (Lipinski definition) is 4. The van der Waals surface area contributed by atoms with Crippen molar-refractivity contribution in [3.8, 4) is 5.75 Å². The molecule has 1 heterocycles. The lowest BCUT2D eigenvalue weighted by atomic mass is 10.1. The van der Waals surface area contributed by atoms with Crippen LogP contribution < -0.4 is 15.4 Å². The largest absolute Gasteiger partial charge is 0.493 e. The zero-order valence-electron chi connectivity index (χ0n) is 18.2. The molecule has 2 amide bonds. The summed E-state index contributed by atoms with van der Waals surface area (Å²) in [5, 5.41) is 5.78. The molecule has 0 saturated carbocycles. The van der Waals surface area contributed by atoms with Crippen LogP contribution in [0.15, 0.2) is 78.9 Å². The number of ether oxygens (including phenoxy) is 1. The second kappa shape index (κ2) is 10.9. The molecule has 7 heteroatoms. The highest BCUT2D eigenvalue weighted by Crippen LogP contribution is 2.11. The van der Waals surface area contributed by atoms with Gasteiger partial charge in [-0.05, 0) is 42.0 Å². The summed E-state index contributed by atoms with van der Waals surface area (Å²) in [5.41, 5.74) is 3.41. The second-order valence-electron chi connectivity index (χ2n) is 7.59. The van der Waals surface area contributed by atoms with E-state index in [9.17, 15) is 9.59 Å². The van der Waals surface area contributed by atoms with Crippen molar-refractivity contribution in [2.45, 2.75) is 19.4 Å². The van der Waals surface area contributed by atoms with E-state index in [2.05, 4.69) is 20.6 Å². The predicted molar refractivity (Wildman–Crippen MR) is 127 cm³/mol. The molecule has 0 aliphatic heterocycles. The molecule has 0 atom stereocenters. The average Bonchev–Trinajstić information content (AvgIpc) is 3.26. The first kappa shape index (κ1) is 22.1. The van der Waals surface area contributed by atoms with E-state index >= 15 is 0 Å². The lowest BCUT2D eigenvalue weighted by Gasteiger charge is -2.08. The number of nitrogens with zero attached hydrogens (tertiary/aromatic N) is 1. The Balaban J connectivity index is 1.16. The van der Waals surface area contributed by atoms with E-state index in [0.717, 1.165) is 28.2 Å². The van der Waals surface area contributed by atoms with E-state index in [1.165, 1.54) is 0 Å². The zero-order chi connectivity index (χ0) is 22.9. The van der Waals surface area contributed by atoms with Crippen LogP contribution in [0.3, 0.4) is 0 Å². The van der Waals surface area contributed by atoms with Crippen molar-refractivity contribution in [2.24, 2.45) is 0 Å². The van der Waals surface area contributed by atoms with E-state index in [0.29, 0.717) is 31.7 Å². The van der Waals surface area contributed by atoms with E-state index in [1.807, 2.05) is 66.7 Å². The number of H-pyrrole nitrogens is 1. The number of carbonyl (C=O) groups is 2. The second-order valence-corrected chi connectivity index (χ2v) is 7.59. The van der Waals surface area contributed by atoms with Gasteiger partial charge in [0.2, 0.25) is 5.91 Å². The first-order valence-corrected chi connectivity index (χ1v) is 10.9. The number of benzene rings is 3. The lowest BCUT2D eigenvalue weighted by molar-refractivity contribution is -0.121. The number of carbonyl (C=O) groups excluding carboxylic acids is 2. The standard InChI is InChI=1S/C26H26N4O3/c31-25(15-17-33-21-6-2-1-3-7-21)28-18-19-10-12-20(13-11-19)26(32)27-16-14-24-29-22-8-4-5-9-23(22)30-24/h1-13H,14-18H2,(H,27,32)(H,28,31)(H,29,30). The monoisotopic (exact) mass is 442 g/mol. The maximum absolute atomic E-state index is 12.4. The number of para-hydroxylation sites is 3. The molecule has 168 valence electrons. The summed E-state index contributed by atoms with van der Waals surface area (Å²) < 4.78 is 5.54. The van der Waals surface area contributed by atoms with Gasteiger partial charge in [-0.1, -0.05) is 42.5 Å². The quantitative estimate of drug-likeness (QED) is 0.350. The normalized spacial score (nSPS) is 10.7. The minimum atomic E-state index is -0.139. The van der Waals surface area contributed by atoms with Gasteiger partial charge in [0.15, 0.2) is 0 Å². The zero-order valence-corrected chi connectivity index (χ0v) is 18.2. The Kier molecular flexibility index (Phi) is 7.33. The van der Waals surface area contributed by atoms with Crippen LogP contribution in [0.1, 0.15) is 28.2 Å². The summed E-state index contributed by atoms with van der Waals surface area (Å²) in [4.78, 5) is 32.2. The molecule has 3 aromatic carbocycles. The average molecular weight is 443 g/mol. The van der Waals surface area contributed by atoms with Gasteiger partial charge in [-0.15, -0.1) is 0 Å². The van der Waals surface area contributed by atoms with Crippen LogP contribution >= 0.6 is 0 Å². The fraction of sp³-hybridized carbons (Fsp3) is 0.192. The topological polar surface area (TPSA) is 96.1 Å². The van der Waals surface area contributed by atoms with Gasteiger partial charge in [-0.3, -0.25) is 9.59 Å². The van der Waals surface area contributed by atoms with Gasteiger partial charge in [0.05, 0.1) is 24.1 Å². The molecule has 1 aromatic heterocycles. The van der Waals surface area contributed by atoms with Gasteiger partial charge in [0.1, 0.15) is 11.6 Å². The minimum Gasteiger partial charge on any atom is -0.493 e. The first-order valence-electron chi connectivity index (χ1n) is 10.9. The summed E-state index contributed by atoms with van der Waals surface area (Å²) in [7, 11) is 0. The molecule has 0 unspecified atom stereocenters. The fourth-order valence-electron chi connectivity index (χ4n) is 3.36. The van der Waals surface area contributed by atoms with Gasteiger partial charge in [-0.2, -0.15) is 0 Å². The van der Waals surface area contributed by atoms with Crippen LogP contribution in [-0.4, -0.2) is 34.9 Å². The molecule has 4 rings (SSSR count). The number of aromatic nitrogens is 2. The molecule has 4 aromatic rings. The van der Waals surface area contributed by atoms with E-state index in [-0.39, 0.29) is 18.2 Å². The molecular formula is C26H26N4O3. The van der Waals surface area contributed by atoms with Crippen molar-refractivity contribution >= 4 is 22.8 Å². The maximum Gasteiger partial charge on any atom is 0.251 e. The lowest BCUT2D eigenvalue weighted by Crippen LogP contribution is -2.26. The number of nitrogens with one attached hydrogen (secondary N) is 3. The van der Waals surface area contributed by atoms with Crippen molar-refractivity contribution in [1.29, 1.82) is 0 Å². The summed E-state index contributed by atoms with van der Waals surface area (Å²) in [5.74, 6) is 1.37. The maximum atomic E-state index is 12.4. The van der Waals surface area contributed by atoms with Crippen molar-refractivity contribution in [3.63, 3.8) is 0 Å². The predicted octanol–water partition coefficient (Wildman–Crippen LogP) is 3.62. The van der Waals surface area contributed by atoms with Gasteiger partial charge in [-0.25, -0.2) is 4.98 Å². The molecule has 0 bridgehead atoms. The Labute approximate surface area is 192 Å². The summed E-state index contributed by atoms with van der Waals surface area (Å²) in [6.07, 6.45) is 0.902. The van der Waals surface area contributed by atoms with Crippen LogP contribution in [-0.2, 0) is 17.8 Å². The van der Waals surface area contributed by atoms with Crippen LogP contribution in [0.5, 0.6) is 5.75 Å². The molecule has 0 fully saturated rings. The third-order valence-corrected chi connectivity index (χ3v) is 5.13. The molecular weight excluding hydrogens is 416 g/mol. The van der Waals surface area contributed by atoms with Gasteiger partial charge >= 0.3 is 0 Å². The van der Waals surface area contributed by atoms with E-state index in [1.54, 1.807) is 12.1 Å². The number of imidazole rings is 1. The van der Waals surface area contributed by atoms with Crippen molar-refractivity contribution in [3.05, 3.63) is 95.8 Å². The molecule has 3 N–H and O–H groups in total. The van der Waals surface area contributed by atoms with Crippen LogP contribution in [0, 0.1) is 0 Å². The Morgan fingerprint density at radius 3 is 2.42 bits per heavy atom. The van der Waals surface area contributed by atoms with E-state index in [4.69, 9.17) is 4.74 Å². The van der Waals surface area contributed by atoms with Crippen LogP contribution in [0.25, 0.3) is 11.0 Å². The molecule has 0 saturated heterocycles. The van der Waals surface area contributed by atoms with Crippen molar-refractivity contribution < 1.29 is 14.3 Å². The number of fused-ring (bicyclic) bond motifs is 1. The smallest absolute Gasteiger partial charge is 0.251 e. The molecule has 0 aliphatic carbocycles. The molecule has 0 spiro atoms. The van der Waals surface area contributed by atoms with Crippen LogP contribution in [0.4, 0.5) is 0 Å². The summed E-state index contributed by atoms with van der Waals surface area (Å²) >= 11 is 0. The number of amides is 2. The van der Waals surface area contributed by atoms with Gasteiger partial charge in [0, 0.05) is 25.1 Å². The third-order valence-electron chi connectivity index (χ3n) is 5.13.